The van der Waals surface area contributed by atoms with Gasteiger partial charge in [-0.1, -0.05) is 12.1 Å². The fraction of sp³-hybridized carbons (Fsp3) is 0.389. The Morgan fingerprint density at radius 2 is 1.96 bits per heavy atom. The average molecular weight is 325 g/mol. The molecule has 1 amide bonds. The van der Waals surface area contributed by atoms with Crippen molar-refractivity contribution in [3.8, 4) is 5.88 Å². The molecule has 0 saturated carbocycles. The van der Waals surface area contributed by atoms with Crippen LogP contribution in [0.3, 0.4) is 0 Å². The summed E-state index contributed by atoms with van der Waals surface area (Å²) in [6, 6.07) is 11.0. The zero-order valence-corrected chi connectivity index (χ0v) is 13.2. The van der Waals surface area contributed by atoms with Gasteiger partial charge in [-0.3, -0.25) is 9.78 Å². The Balaban J connectivity index is 1.50. The number of carbonyl (C=O) groups excluding carboxylic acids is 1. The van der Waals surface area contributed by atoms with E-state index in [4.69, 9.17) is 9.47 Å². The number of likely N-dealkylation sites (tertiary alicyclic amines) is 1. The Morgan fingerprint density at radius 3 is 2.71 bits per heavy atom. The molecular weight excluding hydrogens is 306 g/mol. The van der Waals surface area contributed by atoms with Crippen LogP contribution in [-0.2, 0) is 4.74 Å². The van der Waals surface area contributed by atoms with Crippen molar-refractivity contribution in [1.29, 1.82) is 0 Å². The van der Waals surface area contributed by atoms with E-state index in [2.05, 4.69) is 9.97 Å². The van der Waals surface area contributed by atoms with Crippen molar-refractivity contribution < 1.29 is 14.3 Å². The van der Waals surface area contributed by atoms with E-state index in [1.54, 1.807) is 18.5 Å². The maximum atomic E-state index is 12.8. The van der Waals surface area contributed by atoms with E-state index in [1.807, 2.05) is 35.2 Å². The van der Waals surface area contributed by atoms with Gasteiger partial charge >= 0.3 is 0 Å². The summed E-state index contributed by atoms with van der Waals surface area (Å²) < 4.78 is 11.9. The van der Waals surface area contributed by atoms with Crippen molar-refractivity contribution in [3.05, 3.63) is 54.5 Å². The van der Waals surface area contributed by atoms with E-state index in [-0.39, 0.29) is 24.2 Å². The van der Waals surface area contributed by atoms with Crippen LogP contribution >= 0.6 is 0 Å². The molecule has 6 heteroatoms. The molecule has 2 fully saturated rings. The predicted octanol–water partition coefficient (Wildman–Crippen LogP) is 1.93. The number of hydrogen-bond donors (Lipinski definition) is 0. The van der Waals surface area contributed by atoms with E-state index >= 15 is 0 Å². The highest BCUT2D eigenvalue weighted by atomic mass is 16.5. The average Bonchev–Trinajstić information content (AvgIpc) is 3.13. The van der Waals surface area contributed by atoms with Crippen LogP contribution in [0.4, 0.5) is 0 Å². The summed E-state index contributed by atoms with van der Waals surface area (Å²) >= 11 is 0. The van der Waals surface area contributed by atoms with Crippen LogP contribution in [0.25, 0.3) is 0 Å². The first-order chi connectivity index (χ1) is 11.8. The summed E-state index contributed by atoms with van der Waals surface area (Å²) in [6.45, 7) is 1.28. The van der Waals surface area contributed by atoms with E-state index in [9.17, 15) is 4.79 Å². The van der Waals surface area contributed by atoms with Crippen LogP contribution in [0, 0.1) is 0 Å². The van der Waals surface area contributed by atoms with Gasteiger partial charge in [0.2, 0.25) is 5.88 Å². The first-order valence-corrected chi connectivity index (χ1v) is 8.24. The van der Waals surface area contributed by atoms with Crippen LogP contribution in [0.15, 0.2) is 48.8 Å². The van der Waals surface area contributed by atoms with Crippen LogP contribution in [-0.4, -0.2) is 52.2 Å². The summed E-state index contributed by atoms with van der Waals surface area (Å²) in [5.74, 6) is 0.564. The van der Waals surface area contributed by atoms with E-state index in [0.717, 1.165) is 12.8 Å². The molecule has 0 spiro atoms. The van der Waals surface area contributed by atoms with Gasteiger partial charge in [0.25, 0.3) is 5.91 Å². The number of rotatable bonds is 3. The lowest BCUT2D eigenvalue weighted by Gasteiger charge is -2.40. The Morgan fingerprint density at radius 1 is 1.12 bits per heavy atom. The van der Waals surface area contributed by atoms with Crippen LogP contribution in [0.2, 0.25) is 0 Å². The maximum Gasteiger partial charge on any atom is 0.272 e. The van der Waals surface area contributed by atoms with Gasteiger partial charge in [-0.25, -0.2) is 4.98 Å². The number of amides is 1. The number of aromatic nitrogens is 2. The number of fused-ring (bicyclic) bond motifs is 1. The third kappa shape index (κ3) is 2.85. The molecule has 4 rings (SSSR count). The molecule has 124 valence electrons. The molecule has 0 bridgehead atoms. The third-order valence-corrected chi connectivity index (χ3v) is 4.58. The molecule has 4 heterocycles. The summed E-state index contributed by atoms with van der Waals surface area (Å²) in [5, 5.41) is 0. The molecule has 2 saturated heterocycles. The Bertz CT molecular complexity index is 695. The van der Waals surface area contributed by atoms with Crippen molar-refractivity contribution >= 4 is 5.91 Å². The third-order valence-electron chi connectivity index (χ3n) is 4.58. The van der Waals surface area contributed by atoms with Crippen molar-refractivity contribution in [3.63, 3.8) is 0 Å². The number of ether oxygens (including phenoxy) is 2. The summed E-state index contributed by atoms with van der Waals surface area (Å²) in [5.41, 5.74) is 0.479. The Labute approximate surface area is 140 Å². The molecule has 0 unspecified atom stereocenters. The smallest absolute Gasteiger partial charge is 0.272 e. The van der Waals surface area contributed by atoms with Crippen LogP contribution in [0.1, 0.15) is 23.3 Å². The first kappa shape index (κ1) is 15.1. The van der Waals surface area contributed by atoms with Gasteiger partial charge in [0.05, 0.1) is 6.04 Å². The largest absolute Gasteiger partial charge is 0.471 e. The zero-order chi connectivity index (χ0) is 16.4. The molecule has 0 aliphatic carbocycles. The molecule has 24 heavy (non-hydrogen) atoms. The fourth-order valence-electron chi connectivity index (χ4n) is 3.47. The van der Waals surface area contributed by atoms with Gasteiger partial charge in [-0.05, 0) is 24.6 Å². The van der Waals surface area contributed by atoms with Crippen molar-refractivity contribution in [2.45, 2.75) is 31.1 Å². The first-order valence-electron chi connectivity index (χ1n) is 8.24. The predicted molar refractivity (Wildman–Crippen MR) is 86.7 cm³/mol. The van der Waals surface area contributed by atoms with Crippen LogP contribution < -0.4 is 4.74 Å². The Hall–Kier alpha value is -2.47. The minimum absolute atomic E-state index is 0.0296. The monoisotopic (exact) mass is 325 g/mol. The van der Waals surface area contributed by atoms with E-state index in [1.165, 1.54) is 0 Å². The lowest BCUT2D eigenvalue weighted by Crippen LogP contribution is -2.56. The van der Waals surface area contributed by atoms with Gasteiger partial charge in [-0.15, -0.1) is 0 Å². The minimum atomic E-state index is -0.117. The molecule has 3 atom stereocenters. The fourth-order valence-corrected chi connectivity index (χ4v) is 3.47. The minimum Gasteiger partial charge on any atom is -0.471 e. The number of piperidine rings is 1. The van der Waals surface area contributed by atoms with Gasteiger partial charge < -0.3 is 14.4 Å². The second-order valence-electron chi connectivity index (χ2n) is 6.02. The van der Waals surface area contributed by atoms with Gasteiger partial charge in [0.1, 0.15) is 17.9 Å². The normalized spacial score (nSPS) is 26.0. The number of carbonyl (C=O) groups is 1. The van der Waals surface area contributed by atoms with Gasteiger partial charge in [-0.2, -0.15) is 0 Å². The number of pyridine rings is 2. The standard InChI is InChI=1S/C18H19N3O3/c22-18(13-5-1-3-9-19-13)21-11-7-15(17-14(21)8-12-23-17)24-16-6-2-4-10-20-16/h1-6,9-10,14-15,17H,7-8,11-12H2/t14-,15+,17-/m0/s1. The Kier molecular flexibility index (Phi) is 4.13. The molecule has 2 aliphatic rings. The number of hydrogen-bond acceptors (Lipinski definition) is 5. The van der Waals surface area contributed by atoms with Gasteiger partial charge in [0, 0.05) is 38.0 Å². The maximum absolute atomic E-state index is 12.8. The highest BCUT2D eigenvalue weighted by Gasteiger charge is 2.45. The molecule has 2 aromatic rings. The van der Waals surface area contributed by atoms with Crippen molar-refractivity contribution in [2.75, 3.05) is 13.2 Å². The lowest BCUT2D eigenvalue weighted by atomic mass is 9.95. The zero-order valence-electron chi connectivity index (χ0n) is 13.2. The SMILES string of the molecule is O=C(c1ccccn1)N1CC[C@@H](Oc2ccccn2)[C@H]2OCC[C@@H]21. The molecule has 2 aromatic heterocycles. The molecule has 6 nitrogen and oxygen atoms in total. The quantitative estimate of drug-likeness (QED) is 0.863. The second kappa shape index (κ2) is 6.57. The second-order valence-corrected chi connectivity index (χ2v) is 6.02. The summed E-state index contributed by atoms with van der Waals surface area (Å²) in [4.78, 5) is 23.1. The molecule has 0 radical (unpaired) electrons. The topological polar surface area (TPSA) is 64.6 Å². The lowest BCUT2D eigenvalue weighted by molar-refractivity contribution is -0.0477. The van der Waals surface area contributed by atoms with Crippen molar-refractivity contribution in [2.24, 2.45) is 0 Å². The molecular formula is C18H19N3O3. The van der Waals surface area contributed by atoms with E-state index in [0.29, 0.717) is 24.7 Å². The highest BCUT2D eigenvalue weighted by molar-refractivity contribution is 5.92. The van der Waals surface area contributed by atoms with Gasteiger partial charge in [0.15, 0.2) is 0 Å². The summed E-state index contributed by atoms with van der Waals surface area (Å²) in [7, 11) is 0. The molecule has 0 N–H and O–H groups in total. The molecule has 2 aliphatic heterocycles. The highest BCUT2D eigenvalue weighted by Crippen LogP contribution is 2.31. The number of nitrogens with zero attached hydrogens (tertiary/aromatic N) is 3. The molecule has 0 aromatic carbocycles. The van der Waals surface area contributed by atoms with E-state index < -0.39 is 0 Å². The summed E-state index contributed by atoms with van der Waals surface area (Å²) in [6.07, 6.45) is 4.70. The van der Waals surface area contributed by atoms with Crippen LogP contribution in [0.5, 0.6) is 5.88 Å². The van der Waals surface area contributed by atoms with Crippen molar-refractivity contribution in [1.82, 2.24) is 14.9 Å².